The summed E-state index contributed by atoms with van der Waals surface area (Å²) in [7, 11) is -4.16. The van der Waals surface area contributed by atoms with Crippen molar-refractivity contribution in [1.29, 1.82) is 0 Å². The van der Waals surface area contributed by atoms with Crippen LogP contribution in [0.3, 0.4) is 0 Å². The molecule has 0 heterocycles. The topological polar surface area (TPSA) is 113 Å². The van der Waals surface area contributed by atoms with Crippen molar-refractivity contribution in [3.8, 4) is 11.1 Å². The summed E-state index contributed by atoms with van der Waals surface area (Å²) in [5.74, 6) is -1.64. The van der Waals surface area contributed by atoms with Crippen LogP contribution in [0.25, 0.3) is 11.1 Å². The van der Waals surface area contributed by atoms with Gasteiger partial charge in [-0.05, 0) is 101 Å². The Kier molecular flexibility index (Phi) is 10.3. The molecule has 2 amide bonds. The van der Waals surface area contributed by atoms with Crippen molar-refractivity contribution in [1.82, 2.24) is 5.32 Å². The molecule has 0 spiro atoms. The zero-order chi connectivity index (χ0) is 32.9. The second-order valence-corrected chi connectivity index (χ2v) is 14.3. The third kappa shape index (κ3) is 9.12. The van der Waals surface area contributed by atoms with Crippen LogP contribution >= 0.6 is 0 Å². The maximum atomic E-state index is 13.9. The lowest BCUT2D eigenvalue weighted by Crippen LogP contribution is -2.28. The van der Waals surface area contributed by atoms with Gasteiger partial charge in [-0.3, -0.25) is 14.1 Å². The van der Waals surface area contributed by atoms with Gasteiger partial charge < -0.3 is 10.6 Å². The Hall–Kier alpha value is -4.27. The minimum Gasteiger partial charge on any atom is -0.351 e. The number of benzene rings is 4. The van der Waals surface area contributed by atoms with E-state index in [4.69, 9.17) is 4.55 Å². The average Bonchev–Trinajstić information content (AvgIpc) is 2.96. The molecule has 0 saturated carbocycles. The Balaban J connectivity index is 1.56. The van der Waals surface area contributed by atoms with Crippen molar-refractivity contribution in [2.45, 2.75) is 59.3 Å². The van der Waals surface area contributed by atoms with E-state index in [1.165, 1.54) is 16.7 Å². The number of amides is 2. The maximum Gasteiger partial charge on any atom is 0.266 e. The lowest BCUT2D eigenvalue weighted by atomic mass is 9.84. The van der Waals surface area contributed by atoms with Gasteiger partial charge in [0.25, 0.3) is 16.0 Å². The lowest BCUT2D eigenvalue weighted by molar-refractivity contribution is -0.117. The van der Waals surface area contributed by atoms with E-state index < -0.39 is 27.7 Å². The predicted molar refractivity (Wildman–Crippen MR) is 181 cm³/mol. The molecule has 1 unspecified atom stereocenters. The second kappa shape index (κ2) is 13.8. The van der Waals surface area contributed by atoms with E-state index in [1.807, 2.05) is 37.3 Å². The standard InChI is InChI=1S/C37H42N2O5S/c1-24-7-10-30(21-25(24)2)33-18-17-32(22-26(33)3)39-36(41)34(28-13-15-31(16-14-28)37(4,5)6)23-27-8-11-29(12-9-27)35(40)38-19-20-45(42,43)44/h7-18,21-22,34H,19-20,23H2,1-6H3,(H,38,40)(H,39,41)(H,42,43,44). The highest BCUT2D eigenvalue weighted by atomic mass is 32.2. The highest BCUT2D eigenvalue weighted by Crippen LogP contribution is 2.30. The molecule has 4 aromatic rings. The molecule has 0 aliphatic carbocycles. The monoisotopic (exact) mass is 626 g/mol. The smallest absolute Gasteiger partial charge is 0.266 e. The molecule has 0 aromatic heterocycles. The van der Waals surface area contributed by atoms with Crippen molar-refractivity contribution < 1.29 is 22.6 Å². The van der Waals surface area contributed by atoms with Gasteiger partial charge in [-0.25, -0.2) is 0 Å². The molecule has 1 atom stereocenters. The first-order valence-electron chi connectivity index (χ1n) is 15.0. The van der Waals surface area contributed by atoms with Gasteiger partial charge >= 0.3 is 0 Å². The Labute approximate surface area is 266 Å². The molecule has 0 aliphatic heterocycles. The highest BCUT2D eigenvalue weighted by Gasteiger charge is 2.23. The molecule has 236 valence electrons. The van der Waals surface area contributed by atoms with Gasteiger partial charge in [0.15, 0.2) is 0 Å². The summed E-state index contributed by atoms with van der Waals surface area (Å²) in [5, 5.41) is 5.62. The van der Waals surface area contributed by atoms with Crippen LogP contribution in [0.2, 0.25) is 0 Å². The molecule has 4 rings (SSSR count). The lowest BCUT2D eigenvalue weighted by Gasteiger charge is -2.22. The maximum absolute atomic E-state index is 13.9. The van der Waals surface area contributed by atoms with Crippen LogP contribution in [0.1, 0.15) is 70.4 Å². The first kappa shape index (κ1) is 33.6. The number of hydrogen-bond acceptors (Lipinski definition) is 4. The third-order valence-corrected chi connectivity index (χ3v) is 8.83. The van der Waals surface area contributed by atoms with Crippen molar-refractivity contribution in [3.63, 3.8) is 0 Å². The highest BCUT2D eigenvalue weighted by molar-refractivity contribution is 7.85. The molecule has 0 bridgehead atoms. The number of nitrogens with one attached hydrogen (secondary N) is 2. The summed E-state index contributed by atoms with van der Waals surface area (Å²) < 4.78 is 30.8. The second-order valence-electron chi connectivity index (χ2n) is 12.7. The normalized spacial score (nSPS) is 12.4. The van der Waals surface area contributed by atoms with Crippen LogP contribution in [-0.2, 0) is 26.7 Å². The number of hydrogen-bond donors (Lipinski definition) is 3. The third-order valence-electron chi connectivity index (χ3n) is 8.11. The van der Waals surface area contributed by atoms with E-state index in [0.717, 1.165) is 33.5 Å². The molecule has 8 heteroatoms. The van der Waals surface area contributed by atoms with Crippen LogP contribution in [0.5, 0.6) is 0 Å². The number of rotatable bonds is 10. The molecule has 0 aliphatic rings. The molecular weight excluding hydrogens is 584 g/mol. The zero-order valence-corrected chi connectivity index (χ0v) is 27.6. The van der Waals surface area contributed by atoms with Crippen molar-refractivity contribution >= 4 is 27.6 Å². The van der Waals surface area contributed by atoms with Crippen LogP contribution in [0.15, 0.2) is 84.9 Å². The summed E-state index contributed by atoms with van der Waals surface area (Å²) in [6.45, 7) is 12.5. The summed E-state index contributed by atoms with van der Waals surface area (Å²) in [5.41, 5.74) is 9.77. The van der Waals surface area contributed by atoms with Crippen LogP contribution in [-0.4, -0.2) is 37.1 Å². The molecule has 0 fully saturated rings. The van der Waals surface area contributed by atoms with Gasteiger partial charge in [-0.1, -0.05) is 81.4 Å². The van der Waals surface area contributed by atoms with E-state index in [1.54, 1.807) is 24.3 Å². The van der Waals surface area contributed by atoms with E-state index >= 15 is 0 Å². The number of aryl methyl sites for hydroxylation is 3. The van der Waals surface area contributed by atoms with Crippen LogP contribution in [0.4, 0.5) is 5.69 Å². The number of carbonyl (C=O) groups is 2. The van der Waals surface area contributed by atoms with Gasteiger partial charge in [-0.2, -0.15) is 8.42 Å². The first-order valence-corrected chi connectivity index (χ1v) is 16.6. The Bertz CT molecular complexity index is 1790. The summed E-state index contributed by atoms with van der Waals surface area (Å²) in [6.07, 6.45) is 0.408. The molecule has 0 radical (unpaired) electrons. The number of anilines is 1. The summed E-state index contributed by atoms with van der Waals surface area (Å²) in [4.78, 5) is 26.3. The summed E-state index contributed by atoms with van der Waals surface area (Å²) >= 11 is 0. The van der Waals surface area contributed by atoms with Gasteiger partial charge in [0.05, 0.1) is 11.7 Å². The van der Waals surface area contributed by atoms with Gasteiger partial charge in [0.1, 0.15) is 0 Å². The summed E-state index contributed by atoms with van der Waals surface area (Å²) in [6, 6.07) is 27.4. The van der Waals surface area contributed by atoms with E-state index in [-0.39, 0.29) is 17.9 Å². The van der Waals surface area contributed by atoms with Crippen molar-refractivity contribution in [2.24, 2.45) is 0 Å². The van der Waals surface area contributed by atoms with Crippen molar-refractivity contribution in [2.75, 3.05) is 17.6 Å². The van der Waals surface area contributed by atoms with E-state index in [2.05, 4.69) is 75.6 Å². The average molecular weight is 627 g/mol. The fourth-order valence-electron chi connectivity index (χ4n) is 5.20. The molecule has 45 heavy (non-hydrogen) atoms. The molecular formula is C37H42N2O5S. The van der Waals surface area contributed by atoms with E-state index in [0.29, 0.717) is 12.0 Å². The largest absolute Gasteiger partial charge is 0.351 e. The Morgan fingerprint density at radius 2 is 1.47 bits per heavy atom. The van der Waals surface area contributed by atoms with Gasteiger partial charge in [0, 0.05) is 17.8 Å². The number of carbonyl (C=O) groups excluding carboxylic acids is 2. The fraction of sp³-hybridized carbons (Fsp3) is 0.297. The SMILES string of the molecule is Cc1ccc(-c2ccc(NC(=O)C(Cc3ccc(C(=O)NCCS(=O)(=O)O)cc3)c3ccc(C(C)(C)C)cc3)cc2C)cc1C. The Morgan fingerprint density at radius 3 is 2.04 bits per heavy atom. The minimum absolute atomic E-state index is 0.0245. The molecule has 7 nitrogen and oxygen atoms in total. The van der Waals surface area contributed by atoms with Crippen molar-refractivity contribution in [3.05, 3.63) is 124 Å². The Morgan fingerprint density at radius 1 is 0.800 bits per heavy atom. The van der Waals surface area contributed by atoms with E-state index in [9.17, 15) is 18.0 Å². The first-order chi connectivity index (χ1) is 21.1. The molecule has 4 aromatic carbocycles. The van der Waals surface area contributed by atoms with Crippen LogP contribution < -0.4 is 10.6 Å². The van der Waals surface area contributed by atoms with Crippen LogP contribution in [0, 0.1) is 20.8 Å². The minimum atomic E-state index is -4.16. The zero-order valence-electron chi connectivity index (χ0n) is 26.8. The predicted octanol–water partition coefficient (Wildman–Crippen LogP) is 7.16. The molecule has 3 N–H and O–H groups in total. The fourth-order valence-corrected chi connectivity index (χ4v) is 5.56. The quantitative estimate of drug-likeness (QED) is 0.162. The molecule has 0 saturated heterocycles. The van der Waals surface area contributed by atoms with Gasteiger partial charge in [0.2, 0.25) is 5.91 Å². The van der Waals surface area contributed by atoms with Gasteiger partial charge in [-0.15, -0.1) is 0 Å².